The summed E-state index contributed by atoms with van der Waals surface area (Å²) in [7, 11) is 3.24. The monoisotopic (exact) mass is 358 g/mol. The molecule has 1 fully saturated rings. The molecule has 140 valence electrons. The average Bonchev–Trinajstić information content (AvgIpc) is 3.19. The number of ether oxygens (including phenoxy) is 2. The molecule has 0 N–H and O–H groups in total. The minimum absolute atomic E-state index is 0.206. The van der Waals surface area contributed by atoms with Crippen LogP contribution in [-0.4, -0.2) is 56.1 Å². The van der Waals surface area contributed by atoms with Crippen molar-refractivity contribution in [2.24, 2.45) is 0 Å². The molecule has 0 aliphatic carbocycles. The van der Waals surface area contributed by atoms with E-state index in [1.165, 1.54) is 0 Å². The van der Waals surface area contributed by atoms with Gasteiger partial charge in [-0.25, -0.2) is 0 Å². The molecule has 0 atom stereocenters. The van der Waals surface area contributed by atoms with E-state index in [4.69, 9.17) is 13.9 Å². The summed E-state index contributed by atoms with van der Waals surface area (Å²) in [5.74, 6) is 2.58. The van der Waals surface area contributed by atoms with E-state index < -0.39 is 0 Å². The number of carbonyl (C=O) groups excluding carboxylic acids is 1. The third kappa shape index (κ3) is 4.58. The Hall–Kier alpha value is -2.47. The third-order valence-corrected chi connectivity index (χ3v) is 4.76. The number of rotatable bonds is 7. The number of furan rings is 1. The van der Waals surface area contributed by atoms with Crippen molar-refractivity contribution in [2.75, 3.05) is 40.4 Å². The zero-order chi connectivity index (χ0) is 18.4. The van der Waals surface area contributed by atoms with Gasteiger partial charge in [0.1, 0.15) is 5.76 Å². The first-order valence-corrected chi connectivity index (χ1v) is 8.93. The Morgan fingerprint density at radius 1 is 1.08 bits per heavy atom. The van der Waals surface area contributed by atoms with Gasteiger partial charge in [0.2, 0.25) is 5.91 Å². The first kappa shape index (κ1) is 18.3. The Kier molecular flexibility index (Phi) is 6.17. The Bertz CT molecular complexity index is 707. The minimum Gasteiger partial charge on any atom is -0.493 e. The van der Waals surface area contributed by atoms with E-state index in [0.29, 0.717) is 24.3 Å². The first-order valence-electron chi connectivity index (χ1n) is 8.93. The molecule has 26 heavy (non-hydrogen) atoms. The van der Waals surface area contributed by atoms with Crippen LogP contribution in [0.1, 0.15) is 17.7 Å². The number of nitrogens with zero attached hydrogens (tertiary/aromatic N) is 2. The van der Waals surface area contributed by atoms with Crippen molar-refractivity contribution in [1.82, 2.24) is 9.80 Å². The number of methoxy groups -OCH3 is 2. The molecule has 0 unspecified atom stereocenters. The summed E-state index contributed by atoms with van der Waals surface area (Å²) < 4.78 is 16.0. The summed E-state index contributed by atoms with van der Waals surface area (Å²) in [6, 6.07) is 9.69. The molecular weight excluding hydrogens is 332 g/mol. The summed E-state index contributed by atoms with van der Waals surface area (Å²) >= 11 is 0. The van der Waals surface area contributed by atoms with Gasteiger partial charge in [-0.2, -0.15) is 0 Å². The van der Waals surface area contributed by atoms with Crippen LogP contribution in [0.15, 0.2) is 41.0 Å². The fourth-order valence-corrected chi connectivity index (χ4v) is 3.22. The zero-order valence-electron chi connectivity index (χ0n) is 15.4. The van der Waals surface area contributed by atoms with Crippen LogP contribution in [0.5, 0.6) is 11.5 Å². The summed E-state index contributed by atoms with van der Waals surface area (Å²) in [5.41, 5.74) is 1.08. The van der Waals surface area contributed by atoms with Crippen LogP contribution in [0.2, 0.25) is 0 Å². The topological polar surface area (TPSA) is 55.2 Å². The van der Waals surface area contributed by atoms with Crippen molar-refractivity contribution >= 4 is 5.91 Å². The van der Waals surface area contributed by atoms with Gasteiger partial charge in [-0.3, -0.25) is 9.69 Å². The molecule has 6 nitrogen and oxygen atoms in total. The van der Waals surface area contributed by atoms with Crippen LogP contribution in [0.4, 0.5) is 0 Å². The summed E-state index contributed by atoms with van der Waals surface area (Å²) in [4.78, 5) is 16.8. The Balaban J connectivity index is 1.46. The lowest BCUT2D eigenvalue weighted by Crippen LogP contribution is -2.48. The fourth-order valence-electron chi connectivity index (χ4n) is 3.22. The lowest BCUT2D eigenvalue weighted by Gasteiger charge is -2.34. The Morgan fingerprint density at radius 3 is 2.50 bits per heavy atom. The van der Waals surface area contributed by atoms with Crippen molar-refractivity contribution in [3.8, 4) is 11.5 Å². The van der Waals surface area contributed by atoms with Crippen LogP contribution >= 0.6 is 0 Å². The van der Waals surface area contributed by atoms with Crippen molar-refractivity contribution < 1.29 is 18.7 Å². The highest BCUT2D eigenvalue weighted by atomic mass is 16.5. The molecule has 3 rings (SSSR count). The molecule has 1 aliphatic heterocycles. The van der Waals surface area contributed by atoms with Crippen molar-refractivity contribution in [3.63, 3.8) is 0 Å². The molecule has 0 bridgehead atoms. The van der Waals surface area contributed by atoms with Gasteiger partial charge in [0.05, 0.1) is 27.0 Å². The quantitative estimate of drug-likeness (QED) is 0.761. The standard InChI is InChI=1S/C20H26N2O4/c1-24-18-7-5-16(14-19(18)25-2)6-8-20(23)22-11-9-21(10-12-22)15-17-4-3-13-26-17/h3-5,7,13-14H,6,8-12,15H2,1-2H3. The third-order valence-electron chi connectivity index (χ3n) is 4.76. The van der Waals surface area contributed by atoms with Crippen LogP contribution in [-0.2, 0) is 17.8 Å². The molecule has 6 heteroatoms. The fraction of sp³-hybridized carbons (Fsp3) is 0.450. The second-order valence-electron chi connectivity index (χ2n) is 6.43. The Labute approximate surface area is 154 Å². The van der Waals surface area contributed by atoms with Crippen LogP contribution in [0.25, 0.3) is 0 Å². The van der Waals surface area contributed by atoms with Gasteiger partial charge >= 0.3 is 0 Å². The summed E-state index contributed by atoms with van der Waals surface area (Å²) in [5, 5.41) is 0. The summed E-state index contributed by atoms with van der Waals surface area (Å²) in [6.07, 6.45) is 2.91. The zero-order valence-corrected chi connectivity index (χ0v) is 15.4. The maximum absolute atomic E-state index is 12.5. The maximum atomic E-state index is 12.5. The van der Waals surface area contributed by atoms with E-state index in [0.717, 1.165) is 44.0 Å². The highest BCUT2D eigenvalue weighted by Gasteiger charge is 2.21. The first-order chi connectivity index (χ1) is 12.7. The SMILES string of the molecule is COc1ccc(CCC(=O)N2CCN(Cc3ccco3)CC2)cc1OC. The van der Waals surface area contributed by atoms with Gasteiger partial charge in [-0.05, 0) is 36.2 Å². The van der Waals surface area contributed by atoms with E-state index in [9.17, 15) is 4.79 Å². The predicted molar refractivity (Wildman–Crippen MR) is 98.4 cm³/mol. The van der Waals surface area contributed by atoms with Crippen molar-refractivity contribution in [1.29, 1.82) is 0 Å². The van der Waals surface area contributed by atoms with Crippen LogP contribution < -0.4 is 9.47 Å². The molecule has 1 saturated heterocycles. The van der Waals surface area contributed by atoms with Crippen molar-refractivity contribution in [2.45, 2.75) is 19.4 Å². The molecular formula is C20H26N2O4. The summed E-state index contributed by atoms with van der Waals surface area (Å²) in [6.45, 7) is 4.10. The average molecular weight is 358 g/mol. The predicted octanol–water partition coefficient (Wildman–Crippen LogP) is 2.57. The number of amides is 1. The van der Waals surface area contributed by atoms with Gasteiger partial charge in [0.25, 0.3) is 0 Å². The normalized spacial score (nSPS) is 15.1. The van der Waals surface area contributed by atoms with E-state index in [1.807, 2.05) is 35.2 Å². The molecule has 1 aromatic carbocycles. The van der Waals surface area contributed by atoms with Gasteiger partial charge in [-0.1, -0.05) is 6.07 Å². The van der Waals surface area contributed by atoms with E-state index in [1.54, 1.807) is 20.5 Å². The van der Waals surface area contributed by atoms with Gasteiger partial charge in [-0.15, -0.1) is 0 Å². The number of aryl methyl sites for hydroxylation is 1. The smallest absolute Gasteiger partial charge is 0.222 e. The van der Waals surface area contributed by atoms with E-state index in [-0.39, 0.29) is 5.91 Å². The molecule has 1 aromatic heterocycles. The molecule has 0 spiro atoms. The lowest BCUT2D eigenvalue weighted by atomic mass is 10.1. The highest BCUT2D eigenvalue weighted by Crippen LogP contribution is 2.28. The second kappa shape index (κ2) is 8.76. The van der Waals surface area contributed by atoms with E-state index >= 15 is 0 Å². The van der Waals surface area contributed by atoms with Crippen LogP contribution in [0.3, 0.4) is 0 Å². The maximum Gasteiger partial charge on any atom is 0.222 e. The molecule has 1 amide bonds. The number of carbonyl (C=O) groups is 1. The molecule has 1 aliphatic rings. The second-order valence-corrected chi connectivity index (χ2v) is 6.43. The number of piperazine rings is 1. The largest absolute Gasteiger partial charge is 0.493 e. The molecule has 0 saturated carbocycles. The number of hydrogen-bond acceptors (Lipinski definition) is 5. The van der Waals surface area contributed by atoms with Crippen molar-refractivity contribution in [3.05, 3.63) is 47.9 Å². The molecule has 2 heterocycles. The van der Waals surface area contributed by atoms with Gasteiger partial charge < -0.3 is 18.8 Å². The molecule has 2 aromatic rings. The molecule has 0 radical (unpaired) electrons. The van der Waals surface area contributed by atoms with Crippen LogP contribution in [0, 0.1) is 0 Å². The van der Waals surface area contributed by atoms with Gasteiger partial charge in [0, 0.05) is 32.6 Å². The van der Waals surface area contributed by atoms with E-state index in [2.05, 4.69) is 4.90 Å². The highest BCUT2D eigenvalue weighted by molar-refractivity contribution is 5.76. The number of benzene rings is 1. The number of hydrogen-bond donors (Lipinski definition) is 0. The lowest BCUT2D eigenvalue weighted by molar-refractivity contribution is -0.133. The van der Waals surface area contributed by atoms with Gasteiger partial charge in [0.15, 0.2) is 11.5 Å². The minimum atomic E-state index is 0.206. The Morgan fingerprint density at radius 2 is 1.85 bits per heavy atom.